The highest BCUT2D eigenvalue weighted by Gasteiger charge is 2.10. The zero-order valence-corrected chi connectivity index (χ0v) is 14.2. The molecule has 20 heavy (non-hydrogen) atoms. The Morgan fingerprint density at radius 3 is 2.90 bits per heavy atom. The van der Waals surface area contributed by atoms with Crippen LogP contribution in [0.5, 0.6) is 0 Å². The molecule has 1 atom stereocenters. The van der Waals surface area contributed by atoms with E-state index in [4.69, 9.17) is 5.73 Å². The molecule has 0 saturated carbocycles. The van der Waals surface area contributed by atoms with E-state index in [0.717, 1.165) is 28.9 Å². The molecule has 5 heteroatoms. The predicted octanol–water partition coefficient (Wildman–Crippen LogP) is 3.64. The van der Waals surface area contributed by atoms with Gasteiger partial charge in [0.25, 0.3) is 0 Å². The minimum Gasteiger partial charge on any atom is -0.327 e. The van der Waals surface area contributed by atoms with Crippen LogP contribution in [0.4, 0.5) is 0 Å². The number of benzene rings is 1. The Balaban J connectivity index is 1.90. The summed E-state index contributed by atoms with van der Waals surface area (Å²) in [4.78, 5) is 1.25. The first kappa shape index (κ1) is 15.6. The SMILES string of the molecule is CCn1nc(C)cc1CC(N)CSc1cccc(Br)c1. The Hall–Kier alpha value is -0.780. The number of hydrogen-bond donors (Lipinski definition) is 1. The smallest absolute Gasteiger partial charge is 0.0596 e. The molecular formula is C15H20BrN3S. The second-order valence-corrected chi connectivity index (χ2v) is 6.83. The van der Waals surface area contributed by atoms with Crippen molar-refractivity contribution in [3.8, 4) is 0 Å². The first-order valence-corrected chi connectivity index (χ1v) is 8.53. The van der Waals surface area contributed by atoms with Gasteiger partial charge in [0, 0.05) is 39.8 Å². The maximum atomic E-state index is 6.25. The molecule has 0 bridgehead atoms. The van der Waals surface area contributed by atoms with E-state index in [9.17, 15) is 0 Å². The van der Waals surface area contributed by atoms with E-state index in [1.165, 1.54) is 10.6 Å². The third-order valence-electron chi connectivity index (χ3n) is 3.02. The highest BCUT2D eigenvalue weighted by Crippen LogP contribution is 2.22. The zero-order chi connectivity index (χ0) is 14.5. The minimum atomic E-state index is 0.139. The van der Waals surface area contributed by atoms with Crippen LogP contribution in [0.3, 0.4) is 0 Å². The minimum absolute atomic E-state index is 0.139. The largest absolute Gasteiger partial charge is 0.327 e. The van der Waals surface area contributed by atoms with Crippen molar-refractivity contribution in [2.75, 3.05) is 5.75 Å². The van der Waals surface area contributed by atoms with Gasteiger partial charge in [-0.15, -0.1) is 11.8 Å². The van der Waals surface area contributed by atoms with Gasteiger partial charge in [-0.05, 0) is 38.1 Å². The predicted molar refractivity (Wildman–Crippen MR) is 89.2 cm³/mol. The summed E-state index contributed by atoms with van der Waals surface area (Å²) in [6, 6.07) is 10.6. The number of hydrogen-bond acceptors (Lipinski definition) is 3. The van der Waals surface area contributed by atoms with Crippen LogP contribution in [0, 0.1) is 6.92 Å². The molecule has 0 aliphatic carbocycles. The van der Waals surface area contributed by atoms with Gasteiger partial charge < -0.3 is 5.73 Å². The average molecular weight is 354 g/mol. The van der Waals surface area contributed by atoms with Gasteiger partial charge in [0.1, 0.15) is 0 Å². The fourth-order valence-electron chi connectivity index (χ4n) is 2.12. The lowest BCUT2D eigenvalue weighted by Gasteiger charge is -2.12. The molecule has 1 aromatic carbocycles. The molecule has 0 fully saturated rings. The molecule has 1 unspecified atom stereocenters. The number of halogens is 1. The molecule has 108 valence electrons. The van der Waals surface area contributed by atoms with Crippen molar-refractivity contribution in [3.05, 3.63) is 46.2 Å². The molecule has 0 aliphatic rings. The van der Waals surface area contributed by atoms with Gasteiger partial charge in [-0.25, -0.2) is 0 Å². The van der Waals surface area contributed by atoms with Crippen LogP contribution in [0.25, 0.3) is 0 Å². The van der Waals surface area contributed by atoms with Crippen LogP contribution in [0.1, 0.15) is 18.3 Å². The van der Waals surface area contributed by atoms with E-state index < -0.39 is 0 Å². The number of aryl methyl sites for hydroxylation is 2. The highest BCUT2D eigenvalue weighted by molar-refractivity contribution is 9.10. The normalized spacial score (nSPS) is 12.6. The molecule has 0 spiro atoms. The molecule has 3 nitrogen and oxygen atoms in total. The Morgan fingerprint density at radius 2 is 2.20 bits per heavy atom. The van der Waals surface area contributed by atoms with E-state index >= 15 is 0 Å². The molecule has 0 amide bonds. The third kappa shape index (κ3) is 4.36. The Bertz CT molecular complexity index is 568. The van der Waals surface area contributed by atoms with Gasteiger partial charge in [0.2, 0.25) is 0 Å². The van der Waals surface area contributed by atoms with Crippen molar-refractivity contribution in [2.24, 2.45) is 5.73 Å². The van der Waals surface area contributed by atoms with E-state index in [2.05, 4.69) is 46.2 Å². The number of nitrogens with two attached hydrogens (primary N) is 1. The third-order valence-corrected chi connectivity index (χ3v) is 4.69. The lowest BCUT2D eigenvalue weighted by molar-refractivity contribution is 0.594. The van der Waals surface area contributed by atoms with Crippen molar-refractivity contribution < 1.29 is 0 Å². The van der Waals surface area contributed by atoms with Gasteiger partial charge in [-0.1, -0.05) is 22.0 Å². The average Bonchev–Trinajstić information content (AvgIpc) is 2.76. The van der Waals surface area contributed by atoms with E-state index in [1.54, 1.807) is 11.8 Å². The second kappa shape index (κ2) is 7.29. The maximum Gasteiger partial charge on any atom is 0.0596 e. The molecule has 2 N–H and O–H groups in total. The van der Waals surface area contributed by atoms with Crippen molar-refractivity contribution in [2.45, 2.75) is 37.8 Å². The standard InChI is InChI=1S/C15H20BrN3S/c1-3-19-14(7-11(2)18-19)9-13(17)10-20-15-6-4-5-12(16)8-15/h4-8,13H,3,9-10,17H2,1-2H3. The van der Waals surface area contributed by atoms with Gasteiger partial charge in [0.05, 0.1) is 5.69 Å². The summed E-state index contributed by atoms with van der Waals surface area (Å²) in [7, 11) is 0. The van der Waals surface area contributed by atoms with Crippen LogP contribution in [-0.4, -0.2) is 21.6 Å². The lowest BCUT2D eigenvalue weighted by Crippen LogP contribution is -2.26. The molecule has 1 aromatic heterocycles. The molecule has 2 rings (SSSR count). The summed E-state index contributed by atoms with van der Waals surface area (Å²) >= 11 is 5.29. The molecular weight excluding hydrogens is 334 g/mol. The zero-order valence-electron chi connectivity index (χ0n) is 11.8. The van der Waals surface area contributed by atoms with Crippen LogP contribution >= 0.6 is 27.7 Å². The van der Waals surface area contributed by atoms with Crippen molar-refractivity contribution in [3.63, 3.8) is 0 Å². The van der Waals surface area contributed by atoms with Gasteiger partial charge in [-0.2, -0.15) is 5.10 Å². The van der Waals surface area contributed by atoms with Gasteiger partial charge in [0.15, 0.2) is 0 Å². The van der Waals surface area contributed by atoms with Gasteiger partial charge >= 0.3 is 0 Å². The summed E-state index contributed by atoms with van der Waals surface area (Å²) in [5, 5.41) is 4.46. The number of rotatable bonds is 6. The van der Waals surface area contributed by atoms with E-state index in [-0.39, 0.29) is 6.04 Å². The van der Waals surface area contributed by atoms with E-state index in [1.807, 2.05) is 23.7 Å². The number of nitrogens with zero attached hydrogens (tertiary/aromatic N) is 2. The summed E-state index contributed by atoms with van der Waals surface area (Å²) in [6.45, 7) is 5.03. The fourth-order valence-corrected chi connectivity index (χ4v) is 3.59. The van der Waals surface area contributed by atoms with Crippen LogP contribution in [0.2, 0.25) is 0 Å². The quantitative estimate of drug-likeness (QED) is 0.806. The number of thioether (sulfide) groups is 1. The van der Waals surface area contributed by atoms with Crippen molar-refractivity contribution in [1.29, 1.82) is 0 Å². The Kier molecular flexibility index (Phi) is 5.69. The molecule has 0 saturated heterocycles. The lowest BCUT2D eigenvalue weighted by atomic mass is 10.2. The molecule has 0 radical (unpaired) electrons. The van der Waals surface area contributed by atoms with Crippen molar-refractivity contribution >= 4 is 27.7 Å². The maximum absolute atomic E-state index is 6.25. The summed E-state index contributed by atoms with van der Waals surface area (Å²) < 4.78 is 3.15. The summed E-state index contributed by atoms with van der Waals surface area (Å²) in [5.74, 6) is 0.907. The molecule has 1 heterocycles. The Morgan fingerprint density at radius 1 is 1.40 bits per heavy atom. The van der Waals surface area contributed by atoms with Crippen molar-refractivity contribution in [1.82, 2.24) is 9.78 Å². The molecule has 0 aliphatic heterocycles. The highest BCUT2D eigenvalue weighted by atomic mass is 79.9. The monoisotopic (exact) mass is 353 g/mol. The number of aromatic nitrogens is 2. The second-order valence-electron chi connectivity index (χ2n) is 4.83. The topological polar surface area (TPSA) is 43.8 Å². The summed E-state index contributed by atoms with van der Waals surface area (Å²) in [5.41, 5.74) is 8.54. The first-order valence-electron chi connectivity index (χ1n) is 6.75. The van der Waals surface area contributed by atoms with E-state index in [0.29, 0.717) is 0 Å². The summed E-state index contributed by atoms with van der Waals surface area (Å²) in [6.07, 6.45) is 0.871. The molecule has 2 aromatic rings. The van der Waals surface area contributed by atoms with Crippen LogP contribution < -0.4 is 5.73 Å². The van der Waals surface area contributed by atoms with Gasteiger partial charge in [-0.3, -0.25) is 4.68 Å². The van der Waals surface area contributed by atoms with Crippen LogP contribution in [0.15, 0.2) is 39.7 Å². The first-order chi connectivity index (χ1) is 9.58. The fraction of sp³-hybridized carbons (Fsp3) is 0.400. The Labute approximate surface area is 133 Å². The van der Waals surface area contributed by atoms with Crippen LogP contribution in [-0.2, 0) is 13.0 Å².